The quantitative estimate of drug-likeness (QED) is 0.777. The molecule has 5 nitrogen and oxygen atoms in total. The Labute approximate surface area is 104 Å². The Morgan fingerprint density at radius 1 is 1.44 bits per heavy atom. The van der Waals surface area contributed by atoms with Crippen LogP contribution >= 0.6 is 0 Å². The molecule has 98 valence electrons. The molecule has 0 saturated heterocycles. The minimum atomic E-state index is -0.916. The molecule has 0 aliphatic carbocycles. The summed E-state index contributed by atoms with van der Waals surface area (Å²) in [6, 6.07) is 3.58. The number of carboxylic acids is 1. The number of rotatable bonds is 5. The van der Waals surface area contributed by atoms with Gasteiger partial charge in [-0.2, -0.15) is 0 Å². The van der Waals surface area contributed by atoms with E-state index in [0.717, 1.165) is 6.07 Å². The number of carbonyl (C=O) groups excluding carboxylic acids is 1. The summed E-state index contributed by atoms with van der Waals surface area (Å²) in [5.41, 5.74) is 5.89. The van der Waals surface area contributed by atoms with Crippen molar-refractivity contribution in [3.05, 3.63) is 29.6 Å². The first-order valence-electron chi connectivity index (χ1n) is 5.44. The van der Waals surface area contributed by atoms with Gasteiger partial charge in [0.1, 0.15) is 5.82 Å². The maximum absolute atomic E-state index is 13.0. The Morgan fingerprint density at radius 3 is 2.72 bits per heavy atom. The van der Waals surface area contributed by atoms with E-state index < -0.39 is 17.7 Å². The predicted molar refractivity (Wildman–Crippen MR) is 64.6 cm³/mol. The number of nitrogen functional groups attached to an aromatic ring is 1. The summed E-state index contributed by atoms with van der Waals surface area (Å²) < 4.78 is 13.0. The molecule has 1 amide bonds. The lowest BCUT2D eigenvalue weighted by Gasteiger charge is -2.17. The zero-order valence-electron chi connectivity index (χ0n) is 10.0. The zero-order chi connectivity index (χ0) is 13.7. The van der Waals surface area contributed by atoms with Crippen molar-refractivity contribution >= 4 is 17.6 Å². The number of carboxylic acid groups (broad SMARTS) is 1. The minimum absolute atomic E-state index is 0.0176. The summed E-state index contributed by atoms with van der Waals surface area (Å²) >= 11 is 0. The highest BCUT2D eigenvalue weighted by atomic mass is 19.1. The lowest BCUT2D eigenvalue weighted by atomic mass is 10.1. The fraction of sp³-hybridized carbons (Fsp3) is 0.333. The summed E-state index contributed by atoms with van der Waals surface area (Å²) in [4.78, 5) is 23.6. The highest BCUT2D eigenvalue weighted by molar-refractivity contribution is 5.98. The van der Waals surface area contributed by atoms with Crippen molar-refractivity contribution in [1.29, 1.82) is 0 Å². The molecule has 0 saturated carbocycles. The second-order valence-corrected chi connectivity index (χ2v) is 3.96. The van der Waals surface area contributed by atoms with Crippen LogP contribution in [0.5, 0.6) is 0 Å². The Kier molecular flexibility index (Phi) is 4.65. The molecule has 0 radical (unpaired) electrons. The van der Waals surface area contributed by atoms with E-state index in [1.807, 2.05) is 0 Å². The van der Waals surface area contributed by atoms with Gasteiger partial charge in [0, 0.05) is 25.7 Å². The smallest absolute Gasteiger partial charge is 0.303 e. The molecule has 0 aliphatic rings. The maximum Gasteiger partial charge on any atom is 0.303 e. The largest absolute Gasteiger partial charge is 0.481 e. The first-order chi connectivity index (χ1) is 8.41. The van der Waals surface area contributed by atoms with E-state index in [1.54, 1.807) is 0 Å². The van der Waals surface area contributed by atoms with Gasteiger partial charge in [0.2, 0.25) is 0 Å². The Balaban J connectivity index is 2.68. The normalized spacial score (nSPS) is 10.1. The second kappa shape index (κ2) is 6.00. The van der Waals surface area contributed by atoms with Gasteiger partial charge >= 0.3 is 5.97 Å². The van der Waals surface area contributed by atoms with Crippen LogP contribution < -0.4 is 5.73 Å². The molecule has 1 rings (SSSR count). The molecular formula is C12H15FN2O3. The van der Waals surface area contributed by atoms with E-state index in [1.165, 1.54) is 24.1 Å². The fourth-order valence-corrected chi connectivity index (χ4v) is 1.49. The van der Waals surface area contributed by atoms with Crippen molar-refractivity contribution in [2.45, 2.75) is 12.8 Å². The third kappa shape index (κ3) is 3.73. The fourth-order valence-electron chi connectivity index (χ4n) is 1.49. The van der Waals surface area contributed by atoms with Crippen LogP contribution in [0, 0.1) is 5.82 Å². The highest BCUT2D eigenvalue weighted by Gasteiger charge is 2.15. The maximum atomic E-state index is 13.0. The van der Waals surface area contributed by atoms with Gasteiger partial charge in [-0.1, -0.05) is 0 Å². The Bertz CT molecular complexity index is 463. The number of halogens is 1. The van der Waals surface area contributed by atoms with Gasteiger partial charge in [-0.15, -0.1) is 0 Å². The summed E-state index contributed by atoms with van der Waals surface area (Å²) in [7, 11) is 1.52. The van der Waals surface area contributed by atoms with Crippen molar-refractivity contribution in [3.63, 3.8) is 0 Å². The lowest BCUT2D eigenvalue weighted by molar-refractivity contribution is -0.137. The average Bonchev–Trinajstić information content (AvgIpc) is 2.30. The molecule has 0 spiro atoms. The molecule has 6 heteroatoms. The summed E-state index contributed by atoms with van der Waals surface area (Å²) in [6.45, 7) is 0.279. The van der Waals surface area contributed by atoms with Gasteiger partial charge in [-0.3, -0.25) is 9.59 Å². The number of hydrogen-bond acceptors (Lipinski definition) is 3. The molecule has 0 aliphatic heterocycles. The minimum Gasteiger partial charge on any atom is -0.481 e. The molecule has 1 aromatic rings. The highest BCUT2D eigenvalue weighted by Crippen LogP contribution is 2.15. The van der Waals surface area contributed by atoms with Crippen LogP contribution in [0.15, 0.2) is 18.2 Å². The molecule has 0 bridgehead atoms. The monoisotopic (exact) mass is 254 g/mol. The van der Waals surface area contributed by atoms with Crippen molar-refractivity contribution in [1.82, 2.24) is 4.90 Å². The van der Waals surface area contributed by atoms with Crippen LogP contribution in [0.2, 0.25) is 0 Å². The Hall–Kier alpha value is -2.11. The number of carbonyl (C=O) groups is 2. The molecule has 0 unspecified atom stereocenters. The van der Waals surface area contributed by atoms with Gasteiger partial charge in [0.15, 0.2) is 0 Å². The van der Waals surface area contributed by atoms with Crippen molar-refractivity contribution in [3.8, 4) is 0 Å². The van der Waals surface area contributed by atoms with Gasteiger partial charge in [0.05, 0.1) is 5.56 Å². The Morgan fingerprint density at radius 2 is 2.11 bits per heavy atom. The molecule has 0 heterocycles. The van der Waals surface area contributed by atoms with Gasteiger partial charge in [-0.05, 0) is 24.6 Å². The van der Waals surface area contributed by atoms with E-state index >= 15 is 0 Å². The van der Waals surface area contributed by atoms with Crippen LogP contribution in [-0.2, 0) is 4.79 Å². The van der Waals surface area contributed by atoms with Gasteiger partial charge < -0.3 is 15.7 Å². The van der Waals surface area contributed by atoms with E-state index in [-0.39, 0.29) is 24.2 Å². The number of benzene rings is 1. The molecule has 0 atom stereocenters. The van der Waals surface area contributed by atoms with Crippen molar-refractivity contribution in [2.24, 2.45) is 0 Å². The van der Waals surface area contributed by atoms with Gasteiger partial charge in [-0.25, -0.2) is 4.39 Å². The van der Waals surface area contributed by atoms with E-state index in [2.05, 4.69) is 0 Å². The third-order valence-electron chi connectivity index (χ3n) is 2.48. The second-order valence-electron chi connectivity index (χ2n) is 3.96. The molecule has 0 aromatic heterocycles. The molecule has 1 aromatic carbocycles. The molecule has 0 fully saturated rings. The number of hydrogen-bond donors (Lipinski definition) is 2. The molecule has 18 heavy (non-hydrogen) atoms. The van der Waals surface area contributed by atoms with E-state index in [0.29, 0.717) is 6.42 Å². The standard InChI is InChI=1S/C12H15FN2O3/c1-15(6-2-3-11(16)17)12(18)9-7-8(13)4-5-10(9)14/h4-5,7H,2-3,6,14H2,1H3,(H,16,17). The number of nitrogens with two attached hydrogens (primary N) is 1. The van der Waals surface area contributed by atoms with Crippen LogP contribution in [-0.4, -0.2) is 35.5 Å². The number of amides is 1. The number of aliphatic carboxylic acids is 1. The zero-order valence-corrected chi connectivity index (χ0v) is 10.0. The lowest BCUT2D eigenvalue weighted by Crippen LogP contribution is -2.28. The first-order valence-corrected chi connectivity index (χ1v) is 5.44. The number of nitrogens with zero attached hydrogens (tertiary/aromatic N) is 1. The average molecular weight is 254 g/mol. The topological polar surface area (TPSA) is 83.6 Å². The van der Waals surface area contributed by atoms with E-state index in [4.69, 9.17) is 10.8 Å². The predicted octanol–water partition coefficient (Wildman–Crippen LogP) is 1.34. The van der Waals surface area contributed by atoms with Crippen LogP contribution in [0.25, 0.3) is 0 Å². The van der Waals surface area contributed by atoms with Crippen LogP contribution in [0.4, 0.5) is 10.1 Å². The number of anilines is 1. The summed E-state index contributed by atoms with van der Waals surface area (Å²) in [5.74, 6) is -1.87. The summed E-state index contributed by atoms with van der Waals surface area (Å²) in [6.07, 6.45) is 0.322. The SMILES string of the molecule is CN(CCCC(=O)O)C(=O)c1cc(F)ccc1N. The summed E-state index contributed by atoms with van der Waals surface area (Å²) in [5, 5.41) is 8.49. The van der Waals surface area contributed by atoms with Crippen LogP contribution in [0.1, 0.15) is 23.2 Å². The first kappa shape index (κ1) is 14.0. The van der Waals surface area contributed by atoms with Crippen molar-refractivity contribution < 1.29 is 19.1 Å². The third-order valence-corrected chi connectivity index (χ3v) is 2.48. The molecular weight excluding hydrogens is 239 g/mol. The van der Waals surface area contributed by atoms with Crippen molar-refractivity contribution in [2.75, 3.05) is 19.3 Å². The molecule has 3 N–H and O–H groups in total. The van der Waals surface area contributed by atoms with Gasteiger partial charge in [0.25, 0.3) is 5.91 Å². The van der Waals surface area contributed by atoms with Crippen LogP contribution in [0.3, 0.4) is 0 Å². The van der Waals surface area contributed by atoms with E-state index in [9.17, 15) is 14.0 Å².